The number of pyridine rings is 1. The van der Waals surface area contributed by atoms with Crippen LogP contribution in [-0.4, -0.2) is 45.1 Å². The Hall–Kier alpha value is -2.31. The van der Waals surface area contributed by atoms with Gasteiger partial charge in [0.05, 0.1) is 0 Å². The summed E-state index contributed by atoms with van der Waals surface area (Å²) in [5, 5.41) is 18.3. The Kier molecular flexibility index (Phi) is 2.82. The van der Waals surface area contributed by atoms with Crippen molar-refractivity contribution in [2.24, 2.45) is 0 Å². The fourth-order valence-electron chi connectivity index (χ4n) is 2.10. The third-order valence-electron chi connectivity index (χ3n) is 2.98. The van der Waals surface area contributed by atoms with Crippen molar-refractivity contribution in [3.8, 4) is 5.75 Å². The fourth-order valence-corrected chi connectivity index (χ4v) is 2.10. The van der Waals surface area contributed by atoms with E-state index < -0.39 is 23.3 Å². The lowest BCUT2D eigenvalue weighted by atomic mass is 10.2. The number of carboxylic acid groups (broad SMARTS) is 1. The topological polar surface area (TPSA) is 99.8 Å². The first kappa shape index (κ1) is 12.2. The second kappa shape index (κ2) is 4.17. The van der Waals surface area contributed by atoms with Crippen molar-refractivity contribution in [2.75, 3.05) is 13.6 Å². The zero-order valence-corrected chi connectivity index (χ0v) is 9.66. The summed E-state index contributed by atoms with van der Waals surface area (Å²) in [4.78, 5) is 36.1. The van der Waals surface area contributed by atoms with Crippen LogP contribution in [0.2, 0.25) is 0 Å². The number of carbonyl (C=O) groups excluding carboxylic acids is 1. The van der Waals surface area contributed by atoms with Crippen LogP contribution < -0.4 is 5.56 Å². The molecule has 2 heterocycles. The van der Waals surface area contributed by atoms with Crippen LogP contribution in [0.25, 0.3) is 0 Å². The molecule has 1 amide bonds. The standard InChI is InChI=1S/C11H12N2O5/c1-12-3-2-7(10(12)16)13-8(11(17)18)4-6(14)5-9(13)15/h4-5,7,14H,2-3H2,1H3,(H,17,18). The Morgan fingerprint density at radius 1 is 1.39 bits per heavy atom. The predicted molar refractivity (Wildman–Crippen MR) is 60.6 cm³/mol. The molecule has 1 unspecified atom stereocenters. The van der Waals surface area contributed by atoms with E-state index >= 15 is 0 Å². The molecule has 1 aliphatic rings. The summed E-state index contributed by atoms with van der Waals surface area (Å²) in [7, 11) is 1.59. The van der Waals surface area contributed by atoms with Gasteiger partial charge in [0.2, 0.25) is 5.91 Å². The predicted octanol–water partition coefficient (Wildman–Crippen LogP) is -0.345. The van der Waals surface area contributed by atoms with Gasteiger partial charge in [-0.25, -0.2) is 4.79 Å². The summed E-state index contributed by atoms with van der Waals surface area (Å²) in [6.07, 6.45) is 0.375. The second-order valence-corrected chi connectivity index (χ2v) is 4.18. The molecule has 7 heteroatoms. The molecule has 1 atom stereocenters. The second-order valence-electron chi connectivity index (χ2n) is 4.18. The molecule has 0 saturated carbocycles. The molecular weight excluding hydrogens is 240 g/mol. The molecule has 0 radical (unpaired) electrons. The van der Waals surface area contributed by atoms with E-state index in [0.717, 1.165) is 16.7 Å². The smallest absolute Gasteiger partial charge is 0.352 e. The largest absolute Gasteiger partial charge is 0.508 e. The van der Waals surface area contributed by atoms with E-state index in [2.05, 4.69) is 0 Å². The van der Waals surface area contributed by atoms with Crippen LogP contribution in [-0.2, 0) is 4.79 Å². The van der Waals surface area contributed by atoms with Gasteiger partial charge in [0.1, 0.15) is 17.5 Å². The van der Waals surface area contributed by atoms with Crippen LogP contribution >= 0.6 is 0 Å². The number of hydrogen-bond donors (Lipinski definition) is 2. The third-order valence-corrected chi connectivity index (χ3v) is 2.98. The van der Waals surface area contributed by atoms with Crippen LogP contribution in [0.4, 0.5) is 0 Å². The lowest BCUT2D eigenvalue weighted by Gasteiger charge is -2.16. The summed E-state index contributed by atoms with van der Waals surface area (Å²) in [5.74, 6) is -2.08. The molecule has 1 aromatic heterocycles. The highest BCUT2D eigenvalue weighted by molar-refractivity contribution is 5.88. The first-order valence-electron chi connectivity index (χ1n) is 5.35. The summed E-state index contributed by atoms with van der Waals surface area (Å²) in [6, 6.07) is 1.06. The summed E-state index contributed by atoms with van der Waals surface area (Å²) >= 11 is 0. The van der Waals surface area contributed by atoms with Crippen LogP contribution in [0.5, 0.6) is 5.75 Å². The third kappa shape index (κ3) is 1.83. The molecule has 2 N–H and O–H groups in total. The number of nitrogens with zero attached hydrogens (tertiary/aromatic N) is 2. The molecule has 1 fully saturated rings. The minimum absolute atomic E-state index is 0.301. The van der Waals surface area contributed by atoms with Gasteiger partial charge in [-0.15, -0.1) is 0 Å². The number of aromatic carboxylic acids is 1. The molecular formula is C11H12N2O5. The first-order valence-corrected chi connectivity index (χ1v) is 5.35. The van der Waals surface area contributed by atoms with Gasteiger partial charge in [0.15, 0.2) is 0 Å². The SMILES string of the molecule is CN1CCC(n2c(C(=O)O)cc(O)cc2=O)C1=O. The molecule has 0 spiro atoms. The Morgan fingerprint density at radius 2 is 2.06 bits per heavy atom. The van der Waals surface area contributed by atoms with E-state index in [4.69, 9.17) is 5.11 Å². The summed E-state index contributed by atoms with van der Waals surface area (Å²) < 4.78 is 0.924. The van der Waals surface area contributed by atoms with Crippen molar-refractivity contribution in [3.05, 3.63) is 28.2 Å². The Bertz CT molecular complexity index is 577. The van der Waals surface area contributed by atoms with Crippen LogP contribution in [0.15, 0.2) is 16.9 Å². The lowest BCUT2D eigenvalue weighted by Crippen LogP contribution is -2.33. The van der Waals surface area contributed by atoms with E-state index in [9.17, 15) is 19.5 Å². The zero-order chi connectivity index (χ0) is 13.4. The van der Waals surface area contributed by atoms with Gasteiger partial charge in [0, 0.05) is 25.7 Å². The average molecular weight is 252 g/mol. The van der Waals surface area contributed by atoms with Gasteiger partial charge in [-0.2, -0.15) is 0 Å². The van der Waals surface area contributed by atoms with Gasteiger partial charge in [-0.05, 0) is 6.42 Å². The van der Waals surface area contributed by atoms with Crippen molar-refractivity contribution in [2.45, 2.75) is 12.5 Å². The van der Waals surface area contributed by atoms with Gasteiger partial charge >= 0.3 is 5.97 Å². The number of hydrogen-bond acceptors (Lipinski definition) is 4. The molecule has 7 nitrogen and oxygen atoms in total. The van der Waals surface area contributed by atoms with E-state index in [1.807, 2.05) is 0 Å². The van der Waals surface area contributed by atoms with Crippen LogP contribution in [0, 0.1) is 0 Å². The van der Waals surface area contributed by atoms with E-state index in [0.29, 0.717) is 13.0 Å². The van der Waals surface area contributed by atoms with Gasteiger partial charge < -0.3 is 15.1 Å². The number of likely N-dealkylation sites (tertiary alicyclic amines) is 1. The highest BCUT2D eigenvalue weighted by Crippen LogP contribution is 2.23. The highest BCUT2D eigenvalue weighted by atomic mass is 16.4. The maximum Gasteiger partial charge on any atom is 0.352 e. The van der Waals surface area contributed by atoms with Crippen molar-refractivity contribution >= 4 is 11.9 Å². The maximum atomic E-state index is 11.8. The average Bonchev–Trinajstić information content (AvgIpc) is 2.59. The van der Waals surface area contributed by atoms with Crippen LogP contribution in [0.3, 0.4) is 0 Å². The monoisotopic (exact) mass is 252 g/mol. The number of carbonyl (C=O) groups is 2. The molecule has 1 saturated heterocycles. The number of aromatic hydroxyl groups is 1. The minimum Gasteiger partial charge on any atom is -0.508 e. The van der Waals surface area contributed by atoms with Gasteiger partial charge in [-0.3, -0.25) is 14.2 Å². The fraction of sp³-hybridized carbons (Fsp3) is 0.364. The lowest BCUT2D eigenvalue weighted by molar-refractivity contribution is -0.129. The van der Waals surface area contributed by atoms with Gasteiger partial charge in [0.25, 0.3) is 5.56 Å². The number of amides is 1. The molecule has 18 heavy (non-hydrogen) atoms. The quantitative estimate of drug-likeness (QED) is 0.749. The molecule has 96 valence electrons. The molecule has 1 aromatic rings. The van der Waals surface area contributed by atoms with Gasteiger partial charge in [-0.1, -0.05) is 0 Å². The Morgan fingerprint density at radius 3 is 2.56 bits per heavy atom. The molecule has 0 bridgehead atoms. The highest BCUT2D eigenvalue weighted by Gasteiger charge is 2.33. The van der Waals surface area contributed by atoms with E-state index in [-0.39, 0.29) is 11.6 Å². The number of aromatic nitrogens is 1. The van der Waals surface area contributed by atoms with Crippen molar-refractivity contribution in [1.82, 2.24) is 9.47 Å². The zero-order valence-electron chi connectivity index (χ0n) is 9.66. The summed E-state index contributed by atoms with van der Waals surface area (Å²) in [6.45, 7) is 0.468. The van der Waals surface area contributed by atoms with Crippen LogP contribution in [0.1, 0.15) is 23.0 Å². The van der Waals surface area contributed by atoms with E-state index in [1.54, 1.807) is 7.05 Å². The Labute approximate surface area is 102 Å². The van der Waals surface area contributed by atoms with Crippen molar-refractivity contribution < 1.29 is 19.8 Å². The first-order chi connectivity index (χ1) is 8.41. The molecule has 0 aromatic carbocycles. The molecule has 0 aliphatic carbocycles. The molecule has 1 aliphatic heterocycles. The normalized spacial score (nSPS) is 19.3. The van der Waals surface area contributed by atoms with Crippen molar-refractivity contribution in [3.63, 3.8) is 0 Å². The Balaban J connectivity index is 2.60. The minimum atomic E-state index is -1.36. The number of likely N-dealkylation sites (N-methyl/N-ethyl adjacent to an activating group) is 1. The number of carboxylic acids is 1. The van der Waals surface area contributed by atoms with Crippen molar-refractivity contribution in [1.29, 1.82) is 0 Å². The number of rotatable bonds is 2. The summed E-state index contributed by atoms with van der Waals surface area (Å²) in [5.41, 5.74) is -1.07. The maximum absolute atomic E-state index is 11.8. The molecule has 2 rings (SSSR count). The van der Waals surface area contributed by atoms with E-state index in [1.165, 1.54) is 4.90 Å².